The number of hydrogen-bond donors (Lipinski definition) is 0. The zero-order valence-corrected chi connectivity index (χ0v) is 6.66. The molecule has 0 fully saturated rings. The van der Waals surface area contributed by atoms with Crippen molar-refractivity contribution in [2.45, 2.75) is 13.3 Å². The first-order valence-electron chi connectivity index (χ1n) is 3.59. The van der Waals surface area contributed by atoms with Gasteiger partial charge in [-0.15, -0.1) is 0 Å². The monoisotopic (exact) mass is 159 g/mol. The molecule has 0 rings (SSSR count). The average Bonchev–Trinajstić information content (AvgIpc) is 2.03. The Balaban J connectivity index is 3.34. The van der Waals surface area contributed by atoms with Crippen molar-refractivity contribution in [3.8, 4) is 0 Å². The summed E-state index contributed by atoms with van der Waals surface area (Å²) in [4.78, 5) is 21.5. The lowest BCUT2D eigenvalue weighted by molar-refractivity contribution is -0.130. The molecule has 64 valence electrons. The van der Waals surface area contributed by atoms with Gasteiger partial charge >= 0.3 is 0 Å². The van der Waals surface area contributed by atoms with Crippen LogP contribution in [-0.4, -0.2) is 37.5 Å². The van der Waals surface area contributed by atoms with E-state index in [1.165, 1.54) is 0 Å². The second-order valence-corrected chi connectivity index (χ2v) is 2.11. The van der Waals surface area contributed by atoms with E-state index in [0.29, 0.717) is 19.6 Å². The highest BCUT2D eigenvalue weighted by Gasteiger charge is 1.97. The SMILES string of the molecule is CCCN(C=O)CCOC=O. The molecule has 4 nitrogen and oxygen atoms in total. The summed E-state index contributed by atoms with van der Waals surface area (Å²) in [6, 6.07) is 0. The van der Waals surface area contributed by atoms with Gasteiger partial charge in [0, 0.05) is 6.54 Å². The maximum atomic E-state index is 10.3. The van der Waals surface area contributed by atoms with Crippen LogP contribution in [0.5, 0.6) is 0 Å². The number of carbonyl (C=O) groups is 2. The van der Waals surface area contributed by atoms with Gasteiger partial charge in [-0.1, -0.05) is 6.92 Å². The number of amides is 1. The number of ether oxygens (including phenoxy) is 1. The molecule has 0 atom stereocenters. The van der Waals surface area contributed by atoms with Crippen LogP contribution >= 0.6 is 0 Å². The van der Waals surface area contributed by atoms with Crippen molar-refractivity contribution in [3.05, 3.63) is 0 Å². The lowest BCUT2D eigenvalue weighted by Gasteiger charge is -2.14. The fourth-order valence-corrected chi connectivity index (χ4v) is 0.722. The predicted octanol–water partition coefficient (Wildman–Crippen LogP) is 0.0278. The van der Waals surface area contributed by atoms with E-state index in [1.807, 2.05) is 6.92 Å². The minimum absolute atomic E-state index is 0.280. The van der Waals surface area contributed by atoms with Crippen molar-refractivity contribution in [2.24, 2.45) is 0 Å². The van der Waals surface area contributed by atoms with Crippen molar-refractivity contribution < 1.29 is 14.3 Å². The molecule has 0 unspecified atom stereocenters. The third-order valence-corrected chi connectivity index (χ3v) is 1.22. The minimum Gasteiger partial charge on any atom is -0.466 e. The third kappa shape index (κ3) is 5.39. The summed E-state index contributed by atoms with van der Waals surface area (Å²) in [6.07, 6.45) is 1.68. The van der Waals surface area contributed by atoms with Crippen LogP contribution < -0.4 is 0 Å². The van der Waals surface area contributed by atoms with Gasteiger partial charge in [-0.05, 0) is 6.42 Å². The molecule has 0 aromatic rings. The van der Waals surface area contributed by atoms with E-state index in [-0.39, 0.29) is 6.61 Å². The van der Waals surface area contributed by atoms with Gasteiger partial charge in [0.25, 0.3) is 6.47 Å². The van der Waals surface area contributed by atoms with Gasteiger partial charge in [0.15, 0.2) is 0 Å². The zero-order valence-electron chi connectivity index (χ0n) is 6.66. The fourth-order valence-electron chi connectivity index (χ4n) is 0.722. The number of nitrogens with zero attached hydrogens (tertiary/aromatic N) is 1. The molecule has 0 saturated heterocycles. The molecule has 0 aliphatic carbocycles. The Bertz CT molecular complexity index is 116. The molecular formula is C7H13NO3. The second kappa shape index (κ2) is 7.05. The molecule has 0 spiro atoms. The molecule has 0 saturated carbocycles. The maximum Gasteiger partial charge on any atom is 0.293 e. The largest absolute Gasteiger partial charge is 0.466 e. The Hall–Kier alpha value is -1.06. The topological polar surface area (TPSA) is 46.6 Å². The molecule has 0 aliphatic heterocycles. The highest BCUT2D eigenvalue weighted by molar-refractivity contribution is 5.46. The first-order valence-corrected chi connectivity index (χ1v) is 3.59. The Morgan fingerprint density at radius 1 is 1.36 bits per heavy atom. The Kier molecular flexibility index (Phi) is 6.37. The molecule has 0 heterocycles. The highest BCUT2D eigenvalue weighted by atomic mass is 16.5. The lowest BCUT2D eigenvalue weighted by Crippen LogP contribution is -2.26. The van der Waals surface area contributed by atoms with Gasteiger partial charge in [0.2, 0.25) is 6.41 Å². The van der Waals surface area contributed by atoms with Gasteiger partial charge in [-0.25, -0.2) is 0 Å². The average molecular weight is 159 g/mol. The first kappa shape index (κ1) is 9.94. The lowest BCUT2D eigenvalue weighted by atomic mass is 10.4. The van der Waals surface area contributed by atoms with E-state index in [4.69, 9.17) is 0 Å². The number of carbonyl (C=O) groups excluding carboxylic acids is 2. The van der Waals surface area contributed by atoms with Crippen LogP contribution in [0.3, 0.4) is 0 Å². The van der Waals surface area contributed by atoms with Crippen LogP contribution in [0.2, 0.25) is 0 Å². The van der Waals surface area contributed by atoms with E-state index in [0.717, 1.165) is 12.8 Å². The first-order chi connectivity index (χ1) is 5.35. The Labute approximate surface area is 66.1 Å². The number of hydrogen-bond acceptors (Lipinski definition) is 3. The molecular weight excluding hydrogens is 146 g/mol. The van der Waals surface area contributed by atoms with Crippen LogP contribution in [0, 0.1) is 0 Å². The van der Waals surface area contributed by atoms with Gasteiger partial charge < -0.3 is 9.64 Å². The van der Waals surface area contributed by atoms with E-state index in [9.17, 15) is 9.59 Å². The van der Waals surface area contributed by atoms with Crippen molar-refractivity contribution in [2.75, 3.05) is 19.7 Å². The summed E-state index contributed by atoms with van der Waals surface area (Å²) < 4.78 is 4.43. The van der Waals surface area contributed by atoms with E-state index < -0.39 is 0 Å². The molecule has 0 aromatic heterocycles. The standard InChI is InChI=1S/C7H13NO3/c1-2-3-8(6-9)4-5-11-7-10/h6-7H,2-5H2,1H3. The van der Waals surface area contributed by atoms with Crippen molar-refractivity contribution >= 4 is 12.9 Å². The molecule has 4 heteroatoms. The second-order valence-electron chi connectivity index (χ2n) is 2.11. The summed E-state index contributed by atoms with van der Waals surface area (Å²) in [5, 5.41) is 0. The molecule has 0 N–H and O–H groups in total. The molecule has 1 amide bonds. The van der Waals surface area contributed by atoms with Crippen LogP contribution in [0.15, 0.2) is 0 Å². The van der Waals surface area contributed by atoms with Crippen LogP contribution in [-0.2, 0) is 14.3 Å². The summed E-state index contributed by atoms with van der Waals surface area (Å²) in [6.45, 7) is 3.84. The maximum absolute atomic E-state index is 10.3. The minimum atomic E-state index is 0.280. The van der Waals surface area contributed by atoms with Crippen LogP contribution in [0.4, 0.5) is 0 Å². The normalized spacial score (nSPS) is 8.82. The van der Waals surface area contributed by atoms with Crippen LogP contribution in [0.25, 0.3) is 0 Å². The van der Waals surface area contributed by atoms with E-state index in [1.54, 1.807) is 4.90 Å². The van der Waals surface area contributed by atoms with Gasteiger partial charge in [-0.3, -0.25) is 9.59 Å². The van der Waals surface area contributed by atoms with Crippen molar-refractivity contribution in [1.82, 2.24) is 4.90 Å². The molecule has 0 aliphatic rings. The Morgan fingerprint density at radius 3 is 2.55 bits per heavy atom. The molecule has 0 radical (unpaired) electrons. The van der Waals surface area contributed by atoms with Crippen molar-refractivity contribution in [3.63, 3.8) is 0 Å². The van der Waals surface area contributed by atoms with E-state index >= 15 is 0 Å². The van der Waals surface area contributed by atoms with Gasteiger partial charge in [-0.2, -0.15) is 0 Å². The summed E-state index contributed by atoms with van der Waals surface area (Å²) in [5.74, 6) is 0. The van der Waals surface area contributed by atoms with Gasteiger partial charge in [0.1, 0.15) is 6.61 Å². The summed E-state index contributed by atoms with van der Waals surface area (Å²) >= 11 is 0. The zero-order chi connectivity index (χ0) is 8.53. The third-order valence-electron chi connectivity index (χ3n) is 1.22. The summed E-state index contributed by atoms with van der Waals surface area (Å²) in [7, 11) is 0. The smallest absolute Gasteiger partial charge is 0.293 e. The van der Waals surface area contributed by atoms with E-state index in [2.05, 4.69) is 4.74 Å². The number of rotatable bonds is 7. The molecule has 11 heavy (non-hydrogen) atoms. The predicted molar refractivity (Wildman–Crippen MR) is 39.9 cm³/mol. The fraction of sp³-hybridized carbons (Fsp3) is 0.714. The molecule has 0 bridgehead atoms. The molecule has 0 aromatic carbocycles. The van der Waals surface area contributed by atoms with Crippen molar-refractivity contribution in [1.29, 1.82) is 0 Å². The van der Waals surface area contributed by atoms with Gasteiger partial charge in [0.05, 0.1) is 6.54 Å². The Morgan fingerprint density at radius 2 is 2.09 bits per heavy atom. The van der Waals surface area contributed by atoms with Crippen LogP contribution in [0.1, 0.15) is 13.3 Å². The summed E-state index contributed by atoms with van der Waals surface area (Å²) in [5.41, 5.74) is 0. The highest BCUT2D eigenvalue weighted by Crippen LogP contribution is 1.85. The quantitative estimate of drug-likeness (QED) is 0.389.